The maximum atomic E-state index is 12.4. The first-order chi connectivity index (χ1) is 16.6. The molecule has 0 bridgehead atoms. The number of carbonyl (C=O) groups is 2. The SMILES string of the molecule is Cc1c(-c2ccc(OC(=O)c3ccccc3)cc2)[nH]c2ccc(OC(=O)c3ccccc3)cc12. The van der Waals surface area contributed by atoms with E-state index in [2.05, 4.69) is 4.98 Å². The summed E-state index contributed by atoms with van der Waals surface area (Å²) in [5.41, 5.74) is 4.87. The number of H-pyrrole nitrogens is 1. The summed E-state index contributed by atoms with van der Waals surface area (Å²) in [5.74, 6) is 0.168. The molecule has 0 fully saturated rings. The molecule has 0 atom stereocenters. The van der Waals surface area contributed by atoms with Crippen LogP contribution in [0.15, 0.2) is 103 Å². The van der Waals surface area contributed by atoms with Gasteiger partial charge in [0.25, 0.3) is 0 Å². The predicted molar refractivity (Wildman–Crippen MR) is 131 cm³/mol. The molecular formula is C29H21NO4. The van der Waals surface area contributed by atoms with Crippen molar-refractivity contribution in [2.24, 2.45) is 0 Å². The summed E-state index contributed by atoms with van der Waals surface area (Å²) >= 11 is 0. The standard InChI is InChI=1S/C29H21NO4/c1-19-25-18-24(34-29(32)22-10-6-3-7-11-22)16-17-26(25)30-27(19)20-12-14-23(15-13-20)33-28(31)21-8-4-2-5-9-21/h2-18,30H,1H3. The number of rotatable bonds is 5. The molecule has 1 aromatic heterocycles. The van der Waals surface area contributed by atoms with Gasteiger partial charge in [0.15, 0.2) is 0 Å². The summed E-state index contributed by atoms with van der Waals surface area (Å²) in [6.45, 7) is 2.01. The molecule has 1 heterocycles. The van der Waals surface area contributed by atoms with Crippen LogP contribution in [0.3, 0.4) is 0 Å². The van der Waals surface area contributed by atoms with Crippen LogP contribution in [0.1, 0.15) is 26.3 Å². The van der Waals surface area contributed by atoms with Gasteiger partial charge in [-0.1, -0.05) is 36.4 Å². The van der Waals surface area contributed by atoms with Gasteiger partial charge in [-0.05, 0) is 84.8 Å². The van der Waals surface area contributed by atoms with Crippen LogP contribution >= 0.6 is 0 Å². The van der Waals surface area contributed by atoms with E-state index >= 15 is 0 Å². The molecule has 0 radical (unpaired) electrons. The molecule has 5 rings (SSSR count). The van der Waals surface area contributed by atoms with Crippen LogP contribution in [0.4, 0.5) is 0 Å². The first-order valence-electron chi connectivity index (χ1n) is 10.9. The van der Waals surface area contributed by atoms with E-state index in [0.29, 0.717) is 22.6 Å². The molecule has 0 saturated heterocycles. The molecule has 0 aliphatic heterocycles. The zero-order chi connectivity index (χ0) is 23.5. The number of benzene rings is 4. The van der Waals surface area contributed by atoms with E-state index < -0.39 is 11.9 Å². The fourth-order valence-electron chi connectivity index (χ4n) is 3.83. The van der Waals surface area contributed by atoms with Crippen molar-refractivity contribution in [3.05, 3.63) is 120 Å². The number of ether oxygens (including phenoxy) is 2. The average Bonchev–Trinajstić information content (AvgIpc) is 3.21. The third kappa shape index (κ3) is 4.32. The monoisotopic (exact) mass is 447 g/mol. The number of carbonyl (C=O) groups excluding carboxylic acids is 2. The Labute approximate surface area is 196 Å². The Hall–Kier alpha value is -4.64. The summed E-state index contributed by atoms with van der Waals surface area (Å²) < 4.78 is 11.0. The topological polar surface area (TPSA) is 68.4 Å². The van der Waals surface area contributed by atoms with Crippen molar-refractivity contribution in [2.45, 2.75) is 6.92 Å². The Balaban J connectivity index is 1.36. The first kappa shape index (κ1) is 21.2. The molecule has 4 aromatic carbocycles. The minimum atomic E-state index is -0.396. The number of hydrogen-bond donors (Lipinski definition) is 1. The van der Waals surface area contributed by atoms with Crippen LogP contribution in [-0.2, 0) is 0 Å². The molecule has 0 aliphatic carbocycles. The number of nitrogens with one attached hydrogen (secondary N) is 1. The van der Waals surface area contributed by atoms with Crippen molar-refractivity contribution in [1.29, 1.82) is 0 Å². The Bertz CT molecular complexity index is 1470. The predicted octanol–water partition coefficient (Wildman–Crippen LogP) is 6.58. The van der Waals surface area contributed by atoms with Crippen LogP contribution < -0.4 is 9.47 Å². The molecule has 5 heteroatoms. The van der Waals surface area contributed by atoms with Gasteiger partial charge in [0, 0.05) is 16.6 Å². The number of esters is 2. The summed E-state index contributed by atoms with van der Waals surface area (Å²) in [5, 5.41) is 0.966. The lowest BCUT2D eigenvalue weighted by Crippen LogP contribution is -2.07. The Morgan fingerprint density at radius 1 is 0.647 bits per heavy atom. The summed E-state index contributed by atoms with van der Waals surface area (Å²) in [7, 11) is 0. The van der Waals surface area contributed by atoms with Gasteiger partial charge in [-0.25, -0.2) is 9.59 Å². The maximum absolute atomic E-state index is 12.4. The van der Waals surface area contributed by atoms with E-state index in [1.807, 2.05) is 43.3 Å². The zero-order valence-corrected chi connectivity index (χ0v) is 18.4. The van der Waals surface area contributed by atoms with Crippen molar-refractivity contribution in [1.82, 2.24) is 4.98 Å². The molecule has 0 aliphatic rings. The van der Waals surface area contributed by atoms with Gasteiger partial charge in [0.05, 0.1) is 11.1 Å². The fraction of sp³-hybridized carbons (Fsp3) is 0.0345. The van der Waals surface area contributed by atoms with E-state index in [-0.39, 0.29) is 0 Å². The quantitative estimate of drug-likeness (QED) is 0.244. The lowest BCUT2D eigenvalue weighted by Gasteiger charge is -2.06. The van der Waals surface area contributed by atoms with Crippen LogP contribution in [0, 0.1) is 6.92 Å². The highest BCUT2D eigenvalue weighted by Gasteiger charge is 2.14. The van der Waals surface area contributed by atoms with Gasteiger partial charge < -0.3 is 14.5 Å². The maximum Gasteiger partial charge on any atom is 0.343 e. The Morgan fingerprint density at radius 2 is 1.18 bits per heavy atom. The van der Waals surface area contributed by atoms with E-state index in [0.717, 1.165) is 27.7 Å². The van der Waals surface area contributed by atoms with Crippen molar-refractivity contribution in [3.63, 3.8) is 0 Å². The highest BCUT2D eigenvalue weighted by Crippen LogP contribution is 2.33. The van der Waals surface area contributed by atoms with Crippen LogP contribution in [0.5, 0.6) is 11.5 Å². The van der Waals surface area contributed by atoms with Crippen molar-refractivity contribution < 1.29 is 19.1 Å². The molecule has 0 unspecified atom stereocenters. The molecule has 1 N–H and O–H groups in total. The smallest absolute Gasteiger partial charge is 0.343 e. The lowest BCUT2D eigenvalue weighted by molar-refractivity contribution is 0.0725. The third-order valence-electron chi connectivity index (χ3n) is 5.61. The molecule has 5 nitrogen and oxygen atoms in total. The van der Waals surface area contributed by atoms with Gasteiger partial charge in [-0.15, -0.1) is 0 Å². The van der Waals surface area contributed by atoms with E-state index in [4.69, 9.17) is 9.47 Å². The van der Waals surface area contributed by atoms with Gasteiger partial charge in [0.1, 0.15) is 11.5 Å². The van der Waals surface area contributed by atoms with Crippen LogP contribution in [-0.4, -0.2) is 16.9 Å². The second-order valence-electron chi connectivity index (χ2n) is 7.87. The van der Waals surface area contributed by atoms with Crippen LogP contribution in [0.2, 0.25) is 0 Å². The first-order valence-corrected chi connectivity index (χ1v) is 10.9. The van der Waals surface area contributed by atoms with Gasteiger partial charge in [0.2, 0.25) is 0 Å². The van der Waals surface area contributed by atoms with E-state index in [1.54, 1.807) is 66.7 Å². The number of aryl methyl sites for hydroxylation is 1. The Kier molecular flexibility index (Phi) is 5.67. The minimum absolute atomic E-state index is 0.394. The number of fused-ring (bicyclic) bond motifs is 1. The summed E-state index contributed by atoms with van der Waals surface area (Å²) in [6.07, 6.45) is 0. The van der Waals surface area contributed by atoms with Gasteiger partial charge >= 0.3 is 11.9 Å². The second kappa shape index (κ2) is 9.08. The molecule has 166 valence electrons. The average molecular weight is 447 g/mol. The molecule has 0 spiro atoms. The Morgan fingerprint density at radius 3 is 1.76 bits per heavy atom. The number of hydrogen-bond acceptors (Lipinski definition) is 4. The van der Waals surface area contributed by atoms with Crippen molar-refractivity contribution >= 4 is 22.8 Å². The largest absolute Gasteiger partial charge is 0.423 e. The second-order valence-corrected chi connectivity index (χ2v) is 7.87. The minimum Gasteiger partial charge on any atom is -0.423 e. The summed E-state index contributed by atoms with van der Waals surface area (Å²) in [6, 6.07) is 30.7. The summed E-state index contributed by atoms with van der Waals surface area (Å²) in [4.78, 5) is 28.1. The van der Waals surface area contributed by atoms with Crippen molar-refractivity contribution in [3.8, 4) is 22.8 Å². The zero-order valence-electron chi connectivity index (χ0n) is 18.4. The van der Waals surface area contributed by atoms with E-state index in [1.165, 1.54) is 0 Å². The lowest BCUT2D eigenvalue weighted by atomic mass is 10.1. The number of aromatic nitrogens is 1. The van der Waals surface area contributed by atoms with Gasteiger partial charge in [-0.2, -0.15) is 0 Å². The molecule has 5 aromatic rings. The van der Waals surface area contributed by atoms with Crippen molar-refractivity contribution in [2.75, 3.05) is 0 Å². The molecule has 0 saturated carbocycles. The van der Waals surface area contributed by atoms with Crippen LogP contribution in [0.25, 0.3) is 22.2 Å². The molecule has 0 amide bonds. The highest BCUT2D eigenvalue weighted by molar-refractivity contribution is 5.94. The highest BCUT2D eigenvalue weighted by atomic mass is 16.5. The normalized spacial score (nSPS) is 10.7. The number of aromatic amines is 1. The van der Waals surface area contributed by atoms with E-state index in [9.17, 15) is 9.59 Å². The fourth-order valence-corrected chi connectivity index (χ4v) is 3.83. The van der Waals surface area contributed by atoms with Gasteiger partial charge in [-0.3, -0.25) is 0 Å². The molecule has 34 heavy (non-hydrogen) atoms. The third-order valence-corrected chi connectivity index (χ3v) is 5.61. The molecular weight excluding hydrogens is 426 g/mol.